The molecule has 3 aromatic heterocycles. The largest absolute Gasteiger partial charge is 0.489 e. The SMILES string of the molecule is CO[C@@H]1C[C@H]1N(C)c1cccc(-c2ccc3cnc(CNC(=O)c4cc(F)c5c(c4)S(=O)(=O)[C@@H](F)CCO5)cc3n2)n1. The topological polar surface area (TPSA) is 124 Å². The molecule has 1 aromatic carbocycles. The van der Waals surface area contributed by atoms with E-state index < -0.39 is 44.1 Å². The first kappa shape index (κ1) is 27.9. The van der Waals surface area contributed by atoms with Crippen LogP contribution in [-0.4, -0.2) is 67.7 Å². The number of rotatable bonds is 7. The van der Waals surface area contributed by atoms with E-state index in [2.05, 4.69) is 15.2 Å². The van der Waals surface area contributed by atoms with Crippen LogP contribution in [0.4, 0.5) is 14.6 Å². The van der Waals surface area contributed by atoms with Crippen LogP contribution in [0, 0.1) is 5.82 Å². The molecule has 13 heteroatoms. The third kappa shape index (κ3) is 5.25. The summed E-state index contributed by atoms with van der Waals surface area (Å²) >= 11 is 0. The number of anilines is 1. The number of aromatic nitrogens is 3. The lowest BCUT2D eigenvalue weighted by atomic mass is 10.1. The standard InChI is InChI=1S/C29H27F2N5O5S/c1-36(23-13-24(23)40-2)27-5-3-4-20(35-27)21-7-6-16-14-32-18(12-22(16)34-21)15-33-29(37)17-10-19(30)28-25(11-17)42(38,39)26(31)8-9-41-28/h3-7,10-12,14,23-24,26H,8-9,13,15H2,1-2H3,(H,33,37)/t23-,24-,26-/m1/s1. The number of nitrogens with one attached hydrogen (secondary N) is 1. The van der Waals surface area contributed by atoms with Gasteiger partial charge in [-0.2, -0.15) is 0 Å². The lowest BCUT2D eigenvalue weighted by molar-refractivity contribution is 0.0949. The molecule has 10 nitrogen and oxygen atoms in total. The van der Waals surface area contributed by atoms with Crippen molar-refractivity contribution in [1.29, 1.82) is 0 Å². The summed E-state index contributed by atoms with van der Waals surface area (Å²) in [4.78, 5) is 28.2. The maximum Gasteiger partial charge on any atom is 0.251 e. The van der Waals surface area contributed by atoms with E-state index in [1.807, 2.05) is 37.4 Å². The van der Waals surface area contributed by atoms with Crippen molar-refractivity contribution in [2.75, 3.05) is 25.7 Å². The fourth-order valence-electron chi connectivity index (χ4n) is 4.92. The van der Waals surface area contributed by atoms with Gasteiger partial charge in [-0.3, -0.25) is 9.78 Å². The molecule has 1 N–H and O–H groups in total. The van der Waals surface area contributed by atoms with Crippen molar-refractivity contribution in [3.63, 3.8) is 0 Å². The molecule has 0 spiro atoms. The van der Waals surface area contributed by atoms with Crippen LogP contribution in [-0.2, 0) is 21.1 Å². The Bertz CT molecular complexity index is 1800. The van der Waals surface area contributed by atoms with E-state index in [1.165, 1.54) is 0 Å². The van der Waals surface area contributed by atoms with Gasteiger partial charge in [0, 0.05) is 37.7 Å². The molecule has 218 valence electrons. The van der Waals surface area contributed by atoms with Crippen LogP contribution < -0.4 is 15.0 Å². The van der Waals surface area contributed by atoms with Crippen LogP contribution in [0.25, 0.3) is 22.3 Å². The molecule has 0 bridgehead atoms. The van der Waals surface area contributed by atoms with Crippen molar-refractivity contribution in [3.8, 4) is 17.1 Å². The molecular formula is C29H27F2N5O5S. The smallest absolute Gasteiger partial charge is 0.251 e. The molecule has 6 rings (SSSR count). The van der Waals surface area contributed by atoms with Crippen molar-refractivity contribution in [1.82, 2.24) is 20.3 Å². The Morgan fingerprint density at radius 1 is 1.17 bits per heavy atom. The van der Waals surface area contributed by atoms with E-state index >= 15 is 0 Å². The summed E-state index contributed by atoms with van der Waals surface area (Å²) < 4.78 is 64.4. The van der Waals surface area contributed by atoms with Gasteiger partial charge in [0.25, 0.3) is 5.91 Å². The number of sulfone groups is 1. The molecule has 4 aromatic rings. The molecule has 3 atom stereocenters. The summed E-state index contributed by atoms with van der Waals surface area (Å²) in [6.07, 6.45) is 2.34. The third-order valence-corrected chi connectivity index (χ3v) is 9.25. The molecule has 0 radical (unpaired) electrons. The number of carbonyl (C=O) groups is 1. The van der Waals surface area contributed by atoms with Crippen molar-refractivity contribution in [2.24, 2.45) is 0 Å². The van der Waals surface area contributed by atoms with Gasteiger partial charge in [-0.05, 0) is 48.9 Å². The molecule has 42 heavy (non-hydrogen) atoms. The Hall–Kier alpha value is -4.23. The van der Waals surface area contributed by atoms with E-state index in [1.54, 1.807) is 19.4 Å². The van der Waals surface area contributed by atoms with Gasteiger partial charge in [0.1, 0.15) is 10.7 Å². The highest BCUT2D eigenvalue weighted by Gasteiger charge is 2.41. The van der Waals surface area contributed by atoms with Gasteiger partial charge < -0.3 is 19.7 Å². The third-order valence-electron chi connectivity index (χ3n) is 7.42. The Balaban J connectivity index is 1.20. The van der Waals surface area contributed by atoms with E-state index in [0.717, 1.165) is 29.8 Å². The predicted molar refractivity (Wildman–Crippen MR) is 150 cm³/mol. The van der Waals surface area contributed by atoms with Gasteiger partial charge in [0.2, 0.25) is 15.3 Å². The Morgan fingerprint density at radius 3 is 2.76 bits per heavy atom. The molecular weight excluding hydrogens is 568 g/mol. The summed E-state index contributed by atoms with van der Waals surface area (Å²) in [5.41, 5.74) is -0.0862. The number of fused-ring (bicyclic) bond motifs is 2. The molecule has 1 aliphatic heterocycles. The number of hydrogen-bond acceptors (Lipinski definition) is 9. The maximum atomic E-state index is 14.7. The predicted octanol–water partition coefficient (Wildman–Crippen LogP) is 3.84. The zero-order valence-electron chi connectivity index (χ0n) is 22.8. The van der Waals surface area contributed by atoms with Crippen molar-refractivity contribution < 1.29 is 31.5 Å². The molecule has 0 saturated heterocycles. The van der Waals surface area contributed by atoms with Gasteiger partial charge in [-0.15, -0.1) is 0 Å². The monoisotopic (exact) mass is 595 g/mol. The zero-order chi connectivity index (χ0) is 29.6. The highest BCUT2D eigenvalue weighted by Crippen LogP contribution is 2.36. The van der Waals surface area contributed by atoms with E-state index in [-0.39, 0.29) is 30.9 Å². The van der Waals surface area contributed by atoms with Crippen LogP contribution in [0.3, 0.4) is 0 Å². The molecule has 1 saturated carbocycles. The van der Waals surface area contributed by atoms with E-state index in [4.69, 9.17) is 19.4 Å². The number of pyridine rings is 3. The lowest BCUT2D eigenvalue weighted by Gasteiger charge is -2.18. The number of likely N-dealkylation sites (N-methyl/N-ethyl adjacent to an activating group) is 1. The second-order valence-electron chi connectivity index (χ2n) is 10.2. The second-order valence-corrected chi connectivity index (χ2v) is 12.2. The van der Waals surface area contributed by atoms with Crippen LogP contribution >= 0.6 is 0 Å². The van der Waals surface area contributed by atoms with Crippen LogP contribution in [0.1, 0.15) is 28.9 Å². The second kappa shape index (κ2) is 10.9. The van der Waals surface area contributed by atoms with Crippen LogP contribution in [0.5, 0.6) is 5.75 Å². The van der Waals surface area contributed by atoms with Gasteiger partial charge in [0.05, 0.1) is 47.9 Å². The number of hydrogen-bond donors (Lipinski definition) is 1. The first-order valence-corrected chi connectivity index (χ1v) is 14.8. The average molecular weight is 596 g/mol. The van der Waals surface area contributed by atoms with Crippen molar-refractivity contribution in [3.05, 3.63) is 71.8 Å². The number of nitrogens with zero attached hydrogens (tertiary/aromatic N) is 4. The summed E-state index contributed by atoms with van der Waals surface area (Å²) in [6.45, 7) is -0.345. The number of carbonyl (C=O) groups excluding carboxylic acids is 1. The van der Waals surface area contributed by atoms with Crippen LogP contribution in [0.15, 0.2) is 59.6 Å². The Labute approximate surface area is 240 Å². The van der Waals surface area contributed by atoms with Gasteiger partial charge in [0.15, 0.2) is 11.6 Å². The number of methoxy groups -OCH3 is 1. The molecule has 1 aliphatic carbocycles. The zero-order valence-corrected chi connectivity index (χ0v) is 23.6. The minimum atomic E-state index is -4.51. The fraction of sp³-hybridized carbons (Fsp3) is 0.310. The number of alkyl halides is 1. The summed E-state index contributed by atoms with van der Waals surface area (Å²) in [7, 11) is -0.823. The molecule has 4 heterocycles. The van der Waals surface area contributed by atoms with Gasteiger partial charge in [-0.25, -0.2) is 27.2 Å². The van der Waals surface area contributed by atoms with Gasteiger partial charge >= 0.3 is 0 Å². The van der Waals surface area contributed by atoms with Gasteiger partial charge in [-0.1, -0.05) is 6.07 Å². The first-order valence-electron chi connectivity index (χ1n) is 13.3. The number of benzene rings is 1. The summed E-state index contributed by atoms with van der Waals surface area (Å²) in [5.74, 6) is -1.59. The molecule has 1 fully saturated rings. The highest BCUT2D eigenvalue weighted by molar-refractivity contribution is 7.92. The van der Waals surface area contributed by atoms with Crippen molar-refractivity contribution >= 4 is 32.5 Å². The number of halogens is 2. The lowest BCUT2D eigenvalue weighted by Crippen LogP contribution is -2.24. The Kier molecular flexibility index (Phi) is 7.23. The number of ether oxygens (including phenoxy) is 2. The van der Waals surface area contributed by atoms with E-state index in [0.29, 0.717) is 22.6 Å². The highest BCUT2D eigenvalue weighted by atomic mass is 32.2. The van der Waals surface area contributed by atoms with E-state index in [9.17, 15) is 22.0 Å². The normalized spacial score (nSPS) is 20.7. The average Bonchev–Trinajstić information content (AvgIpc) is 3.80. The van der Waals surface area contributed by atoms with Crippen molar-refractivity contribution in [2.45, 2.75) is 41.9 Å². The van der Waals surface area contributed by atoms with Crippen LogP contribution in [0.2, 0.25) is 0 Å². The maximum absolute atomic E-state index is 14.7. The Morgan fingerprint density at radius 2 is 1.98 bits per heavy atom. The summed E-state index contributed by atoms with van der Waals surface area (Å²) in [5, 5.41) is 3.39. The number of amides is 1. The fourth-order valence-corrected chi connectivity index (χ4v) is 6.31. The minimum absolute atomic E-state index is 0.0467. The summed E-state index contributed by atoms with van der Waals surface area (Å²) in [6, 6.07) is 13.3. The molecule has 1 amide bonds. The first-order chi connectivity index (χ1) is 20.2. The quantitative estimate of drug-likeness (QED) is 0.340. The minimum Gasteiger partial charge on any atom is -0.489 e. The molecule has 0 unspecified atom stereocenters. The molecule has 2 aliphatic rings.